The number of likely N-dealkylation sites (tertiary alicyclic amines) is 1. The molecule has 6 heteroatoms. The van der Waals surface area contributed by atoms with Crippen molar-refractivity contribution < 1.29 is 0 Å². The van der Waals surface area contributed by atoms with E-state index in [9.17, 15) is 9.59 Å². The number of nitrogens with zero attached hydrogens (tertiary/aromatic N) is 2. The van der Waals surface area contributed by atoms with E-state index in [1.807, 2.05) is 0 Å². The molecule has 1 aromatic rings. The molecule has 1 N–H and O–H groups in total. The second-order valence-electron chi connectivity index (χ2n) is 5.46. The summed E-state index contributed by atoms with van der Waals surface area (Å²) in [5.74, 6) is 0. The van der Waals surface area contributed by atoms with Crippen LogP contribution < -0.4 is 11.2 Å². The van der Waals surface area contributed by atoms with Crippen LogP contribution in [0.2, 0.25) is 5.15 Å². The summed E-state index contributed by atoms with van der Waals surface area (Å²) in [6.07, 6.45) is 1.97. The Bertz CT molecular complexity index is 510. The zero-order valence-corrected chi connectivity index (χ0v) is 11.5. The van der Waals surface area contributed by atoms with E-state index in [0.29, 0.717) is 6.54 Å². The van der Waals surface area contributed by atoms with Gasteiger partial charge < -0.3 is 4.90 Å². The van der Waals surface area contributed by atoms with E-state index in [0.717, 1.165) is 25.9 Å². The number of hydrogen-bond acceptors (Lipinski definition) is 3. The maximum absolute atomic E-state index is 11.8. The van der Waals surface area contributed by atoms with Crippen LogP contribution in [0.4, 0.5) is 0 Å². The van der Waals surface area contributed by atoms with Gasteiger partial charge in [0.05, 0.1) is 0 Å². The van der Waals surface area contributed by atoms with E-state index in [2.05, 4.69) is 23.9 Å². The standard InChI is InChI=1S/C12H18ClN3O2/c1-12(3-5-15(2)6-4-12)8-16-10(17)7-9(13)14-11(16)18/h7H,3-6,8H2,1-2H3,(H,14,18). The van der Waals surface area contributed by atoms with Crippen molar-refractivity contribution in [2.24, 2.45) is 5.41 Å². The Kier molecular flexibility index (Phi) is 3.64. The maximum Gasteiger partial charge on any atom is 0.329 e. The molecule has 18 heavy (non-hydrogen) atoms. The molecule has 2 heterocycles. The molecule has 0 unspecified atom stereocenters. The molecule has 1 aromatic heterocycles. The third-order valence-electron chi connectivity index (χ3n) is 3.72. The zero-order valence-electron chi connectivity index (χ0n) is 10.7. The van der Waals surface area contributed by atoms with Gasteiger partial charge in [-0.15, -0.1) is 0 Å². The fourth-order valence-electron chi connectivity index (χ4n) is 2.34. The summed E-state index contributed by atoms with van der Waals surface area (Å²) in [5, 5.41) is 0.0924. The molecular weight excluding hydrogens is 254 g/mol. The van der Waals surface area contributed by atoms with Crippen LogP contribution in [0.3, 0.4) is 0 Å². The van der Waals surface area contributed by atoms with Crippen LogP contribution in [-0.4, -0.2) is 34.6 Å². The minimum Gasteiger partial charge on any atom is -0.306 e. The first-order valence-electron chi connectivity index (χ1n) is 6.08. The fraction of sp³-hybridized carbons (Fsp3) is 0.667. The lowest BCUT2D eigenvalue weighted by Gasteiger charge is -2.37. The summed E-state index contributed by atoms with van der Waals surface area (Å²) in [7, 11) is 2.08. The third-order valence-corrected chi connectivity index (χ3v) is 3.93. The van der Waals surface area contributed by atoms with Gasteiger partial charge in [0, 0.05) is 12.6 Å². The molecule has 0 atom stereocenters. The number of halogens is 1. The van der Waals surface area contributed by atoms with Crippen LogP contribution >= 0.6 is 11.6 Å². The summed E-state index contributed by atoms with van der Waals surface area (Å²) < 4.78 is 1.25. The number of rotatable bonds is 2. The van der Waals surface area contributed by atoms with Crippen LogP contribution in [0.5, 0.6) is 0 Å². The van der Waals surface area contributed by atoms with E-state index >= 15 is 0 Å². The topological polar surface area (TPSA) is 58.1 Å². The number of nitrogens with one attached hydrogen (secondary N) is 1. The van der Waals surface area contributed by atoms with Gasteiger partial charge in [-0.1, -0.05) is 18.5 Å². The van der Waals surface area contributed by atoms with Crippen molar-refractivity contribution in [2.45, 2.75) is 26.3 Å². The molecule has 1 fully saturated rings. The lowest BCUT2D eigenvalue weighted by molar-refractivity contribution is 0.118. The van der Waals surface area contributed by atoms with Crippen molar-refractivity contribution in [3.05, 3.63) is 32.1 Å². The van der Waals surface area contributed by atoms with Gasteiger partial charge in [-0.05, 0) is 38.4 Å². The minimum atomic E-state index is -0.423. The molecule has 0 radical (unpaired) electrons. The van der Waals surface area contributed by atoms with Crippen LogP contribution in [-0.2, 0) is 6.54 Å². The molecule has 1 aliphatic rings. The normalized spacial score (nSPS) is 19.9. The van der Waals surface area contributed by atoms with E-state index in [4.69, 9.17) is 11.6 Å². The first-order valence-corrected chi connectivity index (χ1v) is 6.46. The highest BCUT2D eigenvalue weighted by atomic mass is 35.5. The second-order valence-corrected chi connectivity index (χ2v) is 5.87. The van der Waals surface area contributed by atoms with Crippen LogP contribution in [0.15, 0.2) is 15.7 Å². The predicted molar refractivity (Wildman–Crippen MR) is 71.2 cm³/mol. The Labute approximate surface area is 110 Å². The predicted octanol–water partition coefficient (Wildman–Crippen LogP) is 0.922. The molecule has 0 aromatic carbocycles. The highest BCUT2D eigenvalue weighted by Gasteiger charge is 2.30. The fourth-order valence-corrected chi connectivity index (χ4v) is 2.51. The quantitative estimate of drug-likeness (QED) is 0.814. The molecule has 5 nitrogen and oxygen atoms in total. The highest BCUT2D eigenvalue weighted by Crippen LogP contribution is 2.31. The largest absolute Gasteiger partial charge is 0.329 e. The van der Waals surface area contributed by atoms with Gasteiger partial charge >= 0.3 is 5.69 Å². The zero-order chi connectivity index (χ0) is 13.3. The molecule has 0 bridgehead atoms. The maximum atomic E-state index is 11.8. The molecule has 0 aliphatic carbocycles. The SMILES string of the molecule is CN1CCC(C)(Cn2c(=O)cc(Cl)[nH]c2=O)CC1. The number of hydrogen-bond donors (Lipinski definition) is 1. The lowest BCUT2D eigenvalue weighted by Crippen LogP contribution is -2.44. The monoisotopic (exact) mass is 271 g/mol. The van der Waals surface area contributed by atoms with Crippen LogP contribution in [0.1, 0.15) is 19.8 Å². The Morgan fingerprint density at radius 3 is 2.56 bits per heavy atom. The highest BCUT2D eigenvalue weighted by molar-refractivity contribution is 6.29. The number of piperidine rings is 1. The summed E-state index contributed by atoms with van der Waals surface area (Å²) in [6.45, 7) is 4.57. The second kappa shape index (κ2) is 4.90. The Hall–Kier alpha value is -1.07. The van der Waals surface area contributed by atoms with Crippen molar-refractivity contribution >= 4 is 11.6 Å². The molecule has 2 rings (SSSR count). The van der Waals surface area contributed by atoms with Crippen molar-refractivity contribution in [1.29, 1.82) is 0 Å². The Balaban J connectivity index is 2.24. The molecule has 1 aliphatic heterocycles. The first-order chi connectivity index (χ1) is 8.39. The summed E-state index contributed by atoms with van der Waals surface area (Å²) in [4.78, 5) is 28.3. The number of aromatic nitrogens is 2. The van der Waals surface area contributed by atoms with Crippen molar-refractivity contribution in [3.8, 4) is 0 Å². The van der Waals surface area contributed by atoms with E-state index in [1.54, 1.807) is 0 Å². The molecule has 0 amide bonds. The number of H-pyrrole nitrogens is 1. The van der Waals surface area contributed by atoms with Crippen molar-refractivity contribution in [1.82, 2.24) is 14.5 Å². The Morgan fingerprint density at radius 1 is 1.39 bits per heavy atom. The van der Waals surface area contributed by atoms with E-state index < -0.39 is 5.69 Å². The third kappa shape index (κ3) is 2.84. The summed E-state index contributed by atoms with van der Waals surface area (Å²) in [5.41, 5.74) is -0.756. The van der Waals surface area contributed by atoms with E-state index in [-0.39, 0.29) is 16.1 Å². The minimum absolute atomic E-state index is 0.00281. The average molecular weight is 272 g/mol. The van der Waals surface area contributed by atoms with Crippen LogP contribution in [0.25, 0.3) is 0 Å². The molecule has 0 spiro atoms. The van der Waals surface area contributed by atoms with Gasteiger partial charge in [0.2, 0.25) is 0 Å². The van der Waals surface area contributed by atoms with Crippen molar-refractivity contribution in [3.63, 3.8) is 0 Å². The molecule has 100 valence electrons. The summed E-state index contributed by atoms with van der Waals surface area (Å²) >= 11 is 5.64. The van der Waals surface area contributed by atoms with Gasteiger partial charge in [0.25, 0.3) is 5.56 Å². The Morgan fingerprint density at radius 2 is 2.00 bits per heavy atom. The smallest absolute Gasteiger partial charge is 0.306 e. The molecule has 1 saturated heterocycles. The van der Waals surface area contributed by atoms with Crippen molar-refractivity contribution in [2.75, 3.05) is 20.1 Å². The van der Waals surface area contributed by atoms with Gasteiger partial charge in [-0.2, -0.15) is 0 Å². The van der Waals surface area contributed by atoms with Gasteiger partial charge in [-0.3, -0.25) is 14.3 Å². The van der Waals surface area contributed by atoms with E-state index in [1.165, 1.54) is 10.6 Å². The number of aromatic amines is 1. The molecule has 0 saturated carbocycles. The first kappa shape index (κ1) is 13.4. The average Bonchev–Trinajstić information content (AvgIpc) is 2.28. The molecular formula is C12H18ClN3O2. The summed E-state index contributed by atoms with van der Waals surface area (Å²) in [6, 6.07) is 1.25. The van der Waals surface area contributed by atoms with Gasteiger partial charge in [-0.25, -0.2) is 4.79 Å². The lowest BCUT2D eigenvalue weighted by atomic mass is 9.80. The van der Waals surface area contributed by atoms with Crippen LogP contribution in [0, 0.1) is 5.41 Å². The van der Waals surface area contributed by atoms with Gasteiger partial charge in [0.1, 0.15) is 5.15 Å². The van der Waals surface area contributed by atoms with Gasteiger partial charge in [0.15, 0.2) is 0 Å².